The van der Waals surface area contributed by atoms with Crippen molar-refractivity contribution in [2.45, 2.75) is 38.5 Å². The van der Waals surface area contributed by atoms with E-state index in [2.05, 4.69) is 55.5 Å². The molecule has 0 amide bonds. The number of guanidine groups is 1. The standard InChI is InChI=1S/C23H34N6O2/c1-18-17-29(11-13-30-18)22-8-7-19(14-25-22)15-26-23(24-2)27-16-20(21-6-5-12-31-21)28-9-3-4-10-28/h5-8,12,14,18,20H,3-4,9-11,13,15-17H2,1-2H3,(H2,24,26,27). The maximum Gasteiger partial charge on any atom is 0.191 e. The molecule has 2 aromatic heterocycles. The molecule has 2 N–H and O–H groups in total. The molecular formula is C23H34N6O2. The van der Waals surface area contributed by atoms with Crippen molar-refractivity contribution in [1.29, 1.82) is 0 Å². The second-order valence-electron chi connectivity index (χ2n) is 8.23. The van der Waals surface area contributed by atoms with E-state index in [4.69, 9.17) is 9.15 Å². The average molecular weight is 427 g/mol. The highest BCUT2D eigenvalue weighted by Gasteiger charge is 2.25. The second kappa shape index (κ2) is 10.6. The van der Waals surface area contributed by atoms with Crippen LogP contribution in [0.3, 0.4) is 0 Å². The smallest absolute Gasteiger partial charge is 0.191 e. The number of pyridine rings is 1. The molecule has 2 aliphatic rings. The van der Waals surface area contributed by atoms with Gasteiger partial charge in [0, 0.05) is 39.4 Å². The third kappa shape index (κ3) is 5.77. The van der Waals surface area contributed by atoms with E-state index in [0.29, 0.717) is 6.54 Å². The summed E-state index contributed by atoms with van der Waals surface area (Å²) in [5.41, 5.74) is 1.12. The van der Waals surface area contributed by atoms with Crippen molar-refractivity contribution in [3.8, 4) is 0 Å². The van der Waals surface area contributed by atoms with Crippen molar-refractivity contribution in [2.24, 2.45) is 4.99 Å². The molecule has 4 rings (SSSR count). The van der Waals surface area contributed by atoms with Crippen LogP contribution in [0, 0.1) is 0 Å². The first-order valence-corrected chi connectivity index (χ1v) is 11.3. The molecule has 168 valence electrons. The van der Waals surface area contributed by atoms with E-state index >= 15 is 0 Å². The molecule has 2 aliphatic heterocycles. The number of anilines is 1. The first kappa shape index (κ1) is 21.6. The molecule has 4 heterocycles. The lowest BCUT2D eigenvalue weighted by molar-refractivity contribution is 0.0529. The van der Waals surface area contributed by atoms with Crippen LogP contribution in [-0.2, 0) is 11.3 Å². The largest absolute Gasteiger partial charge is 0.468 e. The van der Waals surface area contributed by atoms with Crippen LogP contribution in [-0.4, -0.2) is 68.3 Å². The van der Waals surface area contributed by atoms with E-state index in [1.54, 1.807) is 13.3 Å². The zero-order valence-corrected chi connectivity index (χ0v) is 18.6. The predicted octanol–water partition coefficient (Wildman–Crippen LogP) is 2.40. The minimum Gasteiger partial charge on any atom is -0.468 e. The van der Waals surface area contributed by atoms with E-state index < -0.39 is 0 Å². The summed E-state index contributed by atoms with van der Waals surface area (Å²) in [6, 6.07) is 8.45. The van der Waals surface area contributed by atoms with Crippen molar-refractivity contribution in [2.75, 3.05) is 51.3 Å². The molecule has 31 heavy (non-hydrogen) atoms. The van der Waals surface area contributed by atoms with Gasteiger partial charge in [0.2, 0.25) is 0 Å². The van der Waals surface area contributed by atoms with Crippen LogP contribution in [0.4, 0.5) is 5.82 Å². The van der Waals surface area contributed by atoms with Crippen LogP contribution in [0.5, 0.6) is 0 Å². The van der Waals surface area contributed by atoms with Gasteiger partial charge in [-0.3, -0.25) is 9.89 Å². The van der Waals surface area contributed by atoms with Crippen molar-refractivity contribution in [3.05, 3.63) is 48.0 Å². The third-order valence-corrected chi connectivity index (χ3v) is 5.97. The lowest BCUT2D eigenvalue weighted by atomic mass is 10.2. The maximum atomic E-state index is 5.71. The summed E-state index contributed by atoms with van der Waals surface area (Å²) in [4.78, 5) is 13.8. The normalized spacial score (nSPS) is 21.3. The maximum absolute atomic E-state index is 5.71. The minimum absolute atomic E-state index is 0.216. The summed E-state index contributed by atoms with van der Waals surface area (Å²) in [7, 11) is 1.80. The molecule has 0 radical (unpaired) electrons. The summed E-state index contributed by atoms with van der Waals surface area (Å²) in [5, 5.41) is 6.87. The van der Waals surface area contributed by atoms with Gasteiger partial charge in [0.15, 0.2) is 5.96 Å². The van der Waals surface area contributed by atoms with E-state index in [1.165, 1.54) is 12.8 Å². The summed E-state index contributed by atoms with van der Waals surface area (Å²) in [6.07, 6.45) is 6.43. The Hall–Kier alpha value is -2.58. The molecule has 8 heteroatoms. The van der Waals surface area contributed by atoms with E-state index in [-0.39, 0.29) is 12.1 Å². The number of furan rings is 1. The van der Waals surface area contributed by atoms with Gasteiger partial charge in [-0.05, 0) is 56.6 Å². The molecule has 0 bridgehead atoms. The topological polar surface area (TPSA) is 78.2 Å². The monoisotopic (exact) mass is 426 g/mol. The van der Waals surface area contributed by atoms with E-state index in [1.807, 2.05) is 12.3 Å². The fourth-order valence-corrected chi connectivity index (χ4v) is 4.28. The number of nitrogens with one attached hydrogen (secondary N) is 2. The Balaban J connectivity index is 1.29. The Kier molecular flexibility index (Phi) is 7.43. The summed E-state index contributed by atoms with van der Waals surface area (Å²) < 4.78 is 11.3. The Bertz CT molecular complexity index is 817. The minimum atomic E-state index is 0.216. The van der Waals surface area contributed by atoms with Crippen LogP contribution < -0.4 is 15.5 Å². The summed E-state index contributed by atoms with van der Waals surface area (Å²) in [6.45, 7) is 8.27. The first-order valence-electron chi connectivity index (χ1n) is 11.3. The highest BCUT2D eigenvalue weighted by atomic mass is 16.5. The fourth-order valence-electron chi connectivity index (χ4n) is 4.28. The number of aromatic nitrogens is 1. The van der Waals surface area contributed by atoms with Gasteiger partial charge < -0.3 is 24.7 Å². The number of ether oxygens (including phenoxy) is 1. The van der Waals surface area contributed by atoms with Gasteiger partial charge in [-0.15, -0.1) is 0 Å². The number of nitrogens with zero attached hydrogens (tertiary/aromatic N) is 4. The molecule has 8 nitrogen and oxygen atoms in total. The van der Waals surface area contributed by atoms with Gasteiger partial charge in [-0.25, -0.2) is 4.98 Å². The predicted molar refractivity (Wildman–Crippen MR) is 122 cm³/mol. The number of likely N-dealkylation sites (tertiary alicyclic amines) is 1. The Labute approximate surface area is 184 Å². The molecule has 2 saturated heterocycles. The molecule has 0 saturated carbocycles. The molecular weight excluding hydrogens is 392 g/mol. The SMILES string of the molecule is CN=C(NCc1ccc(N2CCOC(C)C2)nc1)NCC(c1ccco1)N1CCCC1. The zero-order valence-electron chi connectivity index (χ0n) is 18.6. The average Bonchev–Trinajstić information content (AvgIpc) is 3.51. The second-order valence-corrected chi connectivity index (χ2v) is 8.23. The molecule has 2 fully saturated rings. The van der Waals surface area contributed by atoms with Crippen molar-refractivity contribution >= 4 is 11.8 Å². The summed E-state index contributed by atoms with van der Waals surface area (Å²) >= 11 is 0. The molecule has 2 unspecified atom stereocenters. The Morgan fingerprint density at radius 3 is 2.77 bits per heavy atom. The quantitative estimate of drug-likeness (QED) is 0.520. The molecule has 0 spiro atoms. The van der Waals surface area contributed by atoms with Gasteiger partial charge in [-0.2, -0.15) is 0 Å². The first-order chi connectivity index (χ1) is 15.2. The highest BCUT2D eigenvalue weighted by molar-refractivity contribution is 5.79. The third-order valence-electron chi connectivity index (χ3n) is 5.97. The van der Waals surface area contributed by atoms with Gasteiger partial charge >= 0.3 is 0 Å². The lowest BCUT2D eigenvalue weighted by Gasteiger charge is -2.32. The number of rotatable bonds is 7. The van der Waals surface area contributed by atoms with Crippen LogP contribution in [0.1, 0.15) is 37.1 Å². The van der Waals surface area contributed by atoms with Crippen LogP contribution in [0.15, 0.2) is 46.1 Å². The molecule has 2 aromatic rings. The van der Waals surface area contributed by atoms with E-state index in [9.17, 15) is 0 Å². The number of hydrogen-bond acceptors (Lipinski definition) is 6. The van der Waals surface area contributed by atoms with Gasteiger partial charge in [-0.1, -0.05) is 6.07 Å². The number of morpholine rings is 1. The van der Waals surface area contributed by atoms with Crippen LogP contribution >= 0.6 is 0 Å². The van der Waals surface area contributed by atoms with Gasteiger partial charge in [0.1, 0.15) is 11.6 Å². The molecule has 0 aliphatic carbocycles. The summed E-state index contributed by atoms with van der Waals surface area (Å²) in [5.74, 6) is 2.79. The van der Waals surface area contributed by atoms with Gasteiger partial charge in [0.05, 0.1) is 25.0 Å². The van der Waals surface area contributed by atoms with Crippen LogP contribution in [0.25, 0.3) is 0 Å². The van der Waals surface area contributed by atoms with Crippen molar-refractivity contribution in [1.82, 2.24) is 20.5 Å². The van der Waals surface area contributed by atoms with Crippen molar-refractivity contribution < 1.29 is 9.15 Å². The highest BCUT2D eigenvalue weighted by Crippen LogP contribution is 2.24. The Morgan fingerprint density at radius 2 is 2.10 bits per heavy atom. The zero-order chi connectivity index (χ0) is 21.5. The van der Waals surface area contributed by atoms with Gasteiger partial charge in [0.25, 0.3) is 0 Å². The van der Waals surface area contributed by atoms with Crippen LogP contribution in [0.2, 0.25) is 0 Å². The fraction of sp³-hybridized carbons (Fsp3) is 0.565. The Morgan fingerprint density at radius 1 is 1.23 bits per heavy atom. The molecule has 0 aromatic carbocycles. The number of aliphatic imine (C=N–C) groups is 1. The van der Waals surface area contributed by atoms with Crippen molar-refractivity contribution in [3.63, 3.8) is 0 Å². The van der Waals surface area contributed by atoms with E-state index in [0.717, 1.165) is 62.4 Å². The number of hydrogen-bond donors (Lipinski definition) is 2. The lowest BCUT2D eigenvalue weighted by Crippen LogP contribution is -2.42. The molecule has 2 atom stereocenters.